The van der Waals surface area contributed by atoms with Gasteiger partial charge in [-0.1, -0.05) is 29.8 Å². The summed E-state index contributed by atoms with van der Waals surface area (Å²) in [6.45, 7) is 0.743. The van der Waals surface area contributed by atoms with Crippen LogP contribution in [0, 0.1) is 6.92 Å². The van der Waals surface area contributed by atoms with Gasteiger partial charge in [0.25, 0.3) is 0 Å². The van der Waals surface area contributed by atoms with Gasteiger partial charge >= 0.3 is 6.18 Å². The lowest BCUT2D eigenvalue weighted by Gasteiger charge is -2.24. The summed E-state index contributed by atoms with van der Waals surface area (Å²) in [4.78, 5) is 26.4. The van der Waals surface area contributed by atoms with Gasteiger partial charge in [0, 0.05) is 20.0 Å². The number of nitrogens with zero attached hydrogens (tertiary/aromatic N) is 2. The lowest BCUT2D eigenvalue weighted by Crippen LogP contribution is -2.44. The first-order chi connectivity index (χ1) is 11.2. The highest BCUT2D eigenvalue weighted by molar-refractivity contribution is 5.89. The first-order valence-corrected chi connectivity index (χ1v) is 7.84. The van der Waals surface area contributed by atoms with Crippen molar-refractivity contribution in [3.8, 4) is 0 Å². The van der Waals surface area contributed by atoms with E-state index >= 15 is 0 Å². The van der Waals surface area contributed by atoms with Gasteiger partial charge in [-0.3, -0.25) is 9.59 Å². The average Bonchev–Trinajstić information content (AvgIpc) is 2.85. The summed E-state index contributed by atoms with van der Waals surface area (Å²) in [5.74, 6) is -0.860. The van der Waals surface area contributed by atoms with E-state index in [4.69, 9.17) is 0 Å². The fraction of sp³-hybridized carbons (Fsp3) is 0.529. The molecule has 1 aromatic rings. The lowest BCUT2D eigenvalue weighted by molar-refractivity contribution is -0.159. The lowest BCUT2D eigenvalue weighted by atomic mass is 10.1. The maximum Gasteiger partial charge on any atom is 0.406 e. The summed E-state index contributed by atoms with van der Waals surface area (Å²) < 4.78 is 37.3. The van der Waals surface area contributed by atoms with E-state index in [1.807, 2.05) is 31.2 Å². The van der Waals surface area contributed by atoms with Crippen molar-refractivity contribution in [1.29, 1.82) is 0 Å². The van der Waals surface area contributed by atoms with Crippen LogP contribution in [0.3, 0.4) is 0 Å². The van der Waals surface area contributed by atoms with Gasteiger partial charge < -0.3 is 9.80 Å². The van der Waals surface area contributed by atoms with Crippen LogP contribution < -0.4 is 0 Å². The average molecular weight is 342 g/mol. The van der Waals surface area contributed by atoms with E-state index in [1.54, 1.807) is 0 Å². The number of carbonyl (C=O) groups is 2. The van der Waals surface area contributed by atoms with Gasteiger partial charge in [0.1, 0.15) is 12.6 Å². The number of alkyl halides is 3. The number of aryl methyl sites for hydroxylation is 2. The minimum absolute atomic E-state index is 0.0264. The highest BCUT2D eigenvalue weighted by Gasteiger charge is 2.41. The third-order valence-corrected chi connectivity index (χ3v) is 4.25. The van der Waals surface area contributed by atoms with E-state index in [0.717, 1.165) is 16.0 Å². The third kappa shape index (κ3) is 4.72. The summed E-state index contributed by atoms with van der Waals surface area (Å²) in [7, 11) is 1.48. The van der Waals surface area contributed by atoms with Gasteiger partial charge in [0.05, 0.1) is 0 Å². The first-order valence-electron chi connectivity index (χ1n) is 7.84. The zero-order valence-corrected chi connectivity index (χ0v) is 13.8. The Hall–Kier alpha value is -2.05. The largest absolute Gasteiger partial charge is 0.406 e. The van der Waals surface area contributed by atoms with Crippen LogP contribution >= 0.6 is 0 Å². The highest BCUT2D eigenvalue weighted by Crippen LogP contribution is 2.23. The number of amides is 2. The van der Waals surface area contributed by atoms with Crippen LogP contribution in [0.15, 0.2) is 24.3 Å². The zero-order chi connectivity index (χ0) is 17.9. The van der Waals surface area contributed by atoms with Crippen molar-refractivity contribution < 1.29 is 22.8 Å². The Balaban J connectivity index is 1.89. The Bertz CT molecular complexity index is 599. The molecule has 1 atom stereocenters. The number of likely N-dealkylation sites (N-methyl/N-ethyl adjacent to an activating group) is 1. The molecule has 1 aliphatic heterocycles. The zero-order valence-electron chi connectivity index (χ0n) is 13.8. The molecule has 0 bridgehead atoms. The predicted molar refractivity (Wildman–Crippen MR) is 83.3 cm³/mol. The van der Waals surface area contributed by atoms with E-state index in [9.17, 15) is 22.8 Å². The molecule has 132 valence electrons. The van der Waals surface area contributed by atoms with Crippen LogP contribution in [-0.2, 0) is 16.0 Å². The quantitative estimate of drug-likeness (QED) is 0.825. The summed E-state index contributed by atoms with van der Waals surface area (Å²) in [5, 5.41) is 0. The van der Waals surface area contributed by atoms with E-state index < -0.39 is 24.7 Å². The monoisotopic (exact) mass is 342 g/mol. The van der Waals surface area contributed by atoms with Crippen molar-refractivity contribution >= 4 is 11.8 Å². The first kappa shape index (κ1) is 18.3. The molecular formula is C17H21F3N2O2. The maximum atomic E-state index is 12.4. The van der Waals surface area contributed by atoms with Crippen LogP contribution in [-0.4, -0.2) is 54.0 Å². The maximum absolute atomic E-state index is 12.4. The fourth-order valence-corrected chi connectivity index (χ4v) is 2.81. The third-order valence-electron chi connectivity index (χ3n) is 4.25. The van der Waals surface area contributed by atoms with E-state index in [1.165, 1.54) is 11.9 Å². The fourth-order valence-electron chi connectivity index (χ4n) is 2.81. The Morgan fingerprint density at radius 3 is 2.50 bits per heavy atom. The van der Waals surface area contributed by atoms with Gasteiger partial charge in [0.15, 0.2) is 0 Å². The Labute approximate surface area is 139 Å². The second-order valence-electron chi connectivity index (χ2n) is 6.17. The standard InChI is InChI=1S/C17H21F3N2O2/c1-12-3-5-13(6-4-12)7-8-15(23)21(2)14-9-10-22(16(14)24)11-17(18,19)20/h3-6,14H,7-11H2,1-2H3/t14-/m1/s1. The molecular weight excluding hydrogens is 321 g/mol. The number of carbonyl (C=O) groups excluding carboxylic acids is 2. The molecule has 0 N–H and O–H groups in total. The second-order valence-corrected chi connectivity index (χ2v) is 6.17. The molecule has 0 saturated carbocycles. The van der Waals surface area contributed by atoms with Gasteiger partial charge in [-0.2, -0.15) is 13.2 Å². The molecule has 2 amide bonds. The molecule has 7 heteroatoms. The van der Waals surface area contributed by atoms with Crippen LogP contribution in [0.1, 0.15) is 24.0 Å². The van der Waals surface area contributed by atoms with Gasteiger partial charge in [-0.15, -0.1) is 0 Å². The number of benzene rings is 1. The van der Waals surface area contributed by atoms with Gasteiger partial charge in [0.2, 0.25) is 11.8 Å². The molecule has 0 unspecified atom stereocenters. The van der Waals surface area contributed by atoms with Crippen molar-refractivity contribution in [2.24, 2.45) is 0 Å². The van der Waals surface area contributed by atoms with Gasteiger partial charge in [-0.25, -0.2) is 0 Å². The Morgan fingerprint density at radius 1 is 1.29 bits per heavy atom. The van der Waals surface area contributed by atoms with E-state index in [-0.39, 0.29) is 25.3 Å². The molecule has 4 nitrogen and oxygen atoms in total. The molecule has 2 rings (SSSR count). The molecule has 1 aromatic carbocycles. The Kier molecular flexibility index (Phi) is 5.51. The minimum Gasteiger partial charge on any atom is -0.334 e. The molecule has 0 aliphatic carbocycles. The summed E-state index contributed by atoms with van der Waals surface area (Å²) >= 11 is 0. The molecule has 1 saturated heterocycles. The van der Waals surface area contributed by atoms with Crippen LogP contribution in [0.25, 0.3) is 0 Å². The topological polar surface area (TPSA) is 40.6 Å². The highest BCUT2D eigenvalue weighted by atomic mass is 19.4. The molecule has 24 heavy (non-hydrogen) atoms. The molecule has 1 fully saturated rings. The smallest absolute Gasteiger partial charge is 0.334 e. The van der Waals surface area contributed by atoms with Gasteiger partial charge in [-0.05, 0) is 25.3 Å². The number of rotatable bonds is 5. The van der Waals surface area contributed by atoms with Crippen LogP contribution in [0.2, 0.25) is 0 Å². The van der Waals surface area contributed by atoms with Crippen molar-refractivity contribution in [3.05, 3.63) is 35.4 Å². The summed E-state index contributed by atoms with van der Waals surface area (Å²) in [5.41, 5.74) is 2.14. The number of hydrogen-bond acceptors (Lipinski definition) is 2. The summed E-state index contributed by atoms with van der Waals surface area (Å²) in [6.07, 6.45) is -3.42. The van der Waals surface area contributed by atoms with Crippen LogP contribution in [0.5, 0.6) is 0 Å². The van der Waals surface area contributed by atoms with E-state index in [2.05, 4.69) is 0 Å². The SMILES string of the molecule is Cc1ccc(CCC(=O)N(C)[C@@H]2CCN(CC(F)(F)F)C2=O)cc1. The number of halogens is 3. The minimum atomic E-state index is -4.42. The molecule has 0 spiro atoms. The molecule has 1 aliphatic rings. The normalized spacial score (nSPS) is 18.1. The molecule has 1 heterocycles. The number of likely N-dealkylation sites (tertiary alicyclic amines) is 1. The van der Waals surface area contributed by atoms with Crippen molar-refractivity contribution in [2.75, 3.05) is 20.1 Å². The van der Waals surface area contributed by atoms with Crippen molar-refractivity contribution in [1.82, 2.24) is 9.80 Å². The molecule has 0 radical (unpaired) electrons. The Morgan fingerprint density at radius 2 is 1.92 bits per heavy atom. The second kappa shape index (κ2) is 7.23. The molecule has 0 aromatic heterocycles. The van der Waals surface area contributed by atoms with Crippen molar-refractivity contribution in [2.45, 2.75) is 38.4 Å². The predicted octanol–water partition coefficient (Wildman–Crippen LogP) is 2.55. The summed E-state index contributed by atoms with van der Waals surface area (Å²) in [6, 6.07) is 7.00. The number of hydrogen-bond donors (Lipinski definition) is 0. The van der Waals surface area contributed by atoms with Crippen LogP contribution in [0.4, 0.5) is 13.2 Å². The van der Waals surface area contributed by atoms with Crippen molar-refractivity contribution in [3.63, 3.8) is 0 Å². The van der Waals surface area contributed by atoms with E-state index in [0.29, 0.717) is 6.42 Å².